The molecule has 0 heterocycles. The molecule has 12 heavy (non-hydrogen) atoms. The Morgan fingerprint density at radius 3 is 1.67 bits per heavy atom. The second-order valence-corrected chi connectivity index (χ2v) is 2.61. The van der Waals surface area contributed by atoms with Gasteiger partial charge in [-0.3, -0.25) is 0 Å². The molecule has 0 aromatic heterocycles. The highest BCUT2D eigenvalue weighted by molar-refractivity contribution is 5.11. The lowest BCUT2D eigenvalue weighted by Crippen LogP contribution is -1.62. The largest absolute Gasteiger partial charge is 0.0988 e. The summed E-state index contributed by atoms with van der Waals surface area (Å²) in [6, 6.07) is 0. The van der Waals surface area contributed by atoms with E-state index in [1.54, 1.807) is 6.08 Å². The minimum Gasteiger partial charge on any atom is -0.0988 e. The number of allylic oxidation sites excluding steroid dienone is 5. The van der Waals surface area contributed by atoms with E-state index >= 15 is 0 Å². The fraction of sp³-hybridized carbons (Fsp3) is 0.333. The summed E-state index contributed by atoms with van der Waals surface area (Å²) in [6.45, 7) is 16.7. The zero-order valence-corrected chi connectivity index (χ0v) is 8.56. The fourth-order valence-electron chi connectivity index (χ4n) is 0.405. The highest BCUT2D eigenvalue weighted by Gasteiger charge is 1.71. The van der Waals surface area contributed by atoms with Crippen LogP contribution in [0.15, 0.2) is 49.1 Å². The third-order valence-corrected chi connectivity index (χ3v) is 1.20. The van der Waals surface area contributed by atoms with Gasteiger partial charge in [0.25, 0.3) is 0 Å². The molecule has 0 unspecified atom stereocenters. The molecule has 0 aliphatic carbocycles. The number of hydrogen-bond donors (Lipinski definition) is 0. The average Bonchev–Trinajstić information content (AvgIpc) is 2.06. The minimum absolute atomic E-state index is 1.02. The van der Waals surface area contributed by atoms with Gasteiger partial charge in [-0.25, -0.2) is 0 Å². The first kappa shape index (κ1) is 13.5. The molecular weight excluding hydrogens is 144 g/mol. The zero-order valence-electron chi connectivity index (χ0n) is 8.56. The average molecular weight is 164 g/mol. The van der Waals surface area contributed by atoms with Crippen LogP contribution in [0.3, 0.4) is 0 Å². The van der Waals surface area contributed by atoms with Crippen LogP contribution in [0, 0.1) is 0 Å². The molecule has 0 saturated carbocycles. The Hall–Kier alpha value is -1.04. The predicted molar refractivity (Wildman–Crippen MR) is 59.3 cm³/mol. The molecule has 0 amide bonds. The summed E-state index contributed by atoms with van der Waals surface area (Å²) in [4.78, 5) is 0. The van der Waals surface area contributed by atoms with Crippen molar-refractivity contribution < 1.29 is 0 Å². The molecule has 0 bridgehead atoms. The van der Waals surface area contributed by atoms with E-state index in [-0.39, 0.29) is 0 Å². The van der Waals surface area contributed by atoms with E-state index in [0.29, 0.717) is 0 Å². The smallest absolute Gasteiger partial charge is 0.0374 e. The minimum atomic E-state index is 1.02. The first-order chi connectivity index (χ1) is 5.58. The van der Waals surface area contributed by atoms with Gasteiger partial charge >= 0.3 is 0 Å². The van der Waals surface area contributed by atoms with Gasteiger partial charge in [-0.05, 0) is 20.3 Å². The van der Waals surface area contributed by atoms with Gasteiger partial charge in [-0.1, -0.05) is 56.0 Å². The van der Waals surface area contributed by atoms with Gasteiger partial charge in [0, 0.05) is 0 Å². The Balaban J connectivity index is 0. The van der Waals surface area contributed by atoms with Gasteiger partial charge in [0.2, 0.25) is 0 Å². The van der Waals surface area contributed by atoms with Crippen LogP contribution < -0.4 is 0 Å². The van der Waals surface area contributed by atoms with Crippen molar-refractivity contribution in [3.8, 4) is 0 Å². The lowest BCUT2D eigenvalue weighted by molar-refractivity contribution is 1.20. The second kappa shape index (κ2) is 9.96. The summed E-state index contributed by atoms with van der Waals surface area (Å²) in [5.74, 6) is 0. The van der Waals surface area contributed by atoms with Crippen molar-refractivity contribution in [3.05, 3.63) is 49.1 Å². The van der Waals surface area contributed by atoms with Crippen LogP contribution in [-0.2, 0) is 0 Å². The van der Waals surface area contributed by atoms with Gasteiger partial charge in [0.05, 0.1) is 0 Å². The van der Waals surface area contributed by atoms with Crippen molar-refractivity contribution in [2.24, 2.45) is 0 Å². The first-order valence-corrected chi connectivity index (χ1v) is 4.15. The summed E-state index contributed by atoms with van der Waals surface area (Å²) >= 11 is 0. The quantitative estimate of drug-likeness (QED) is 0.546. The maximum Gasteiger partial charge on any atom is -0.0374 e. The molecule has 0 fully saturated rings. The summed E-state index contributed by atoms with van der Waals surface area (Å²) in [5.41, 5.74) is 2.28. The molecule has 0 aliphatic rings. The molecule has 0 saturated heterocycles. The predicted octanol–water partition coefficient (Wildman–Crippen LogP) is 4.28. The maximum atomic E-state index is 3.61. The third-order valence-electron chi connectivity index (χ3n) is 1.20. The van der Waals surface area contributed by atoms with Gasteiger partial charge in [0.15, 0.2) is 0 Å². The molecule has 0 aromatic carbocycles. The van der Waals surface area contributed by atoms with Crippen molar-refractivity contribution in [1.29, 1.82) is 0 Å². The van der Waals surface area contributed by atoms with Crippen LogP contribution in [0.1, 0.15) is 27.2 Å². The fourth-order valence-corrected chi connectivity index (χ4v) is 0.405. The van der Waals surface area contributed by atoms with Crippen LogP contribution in [-0.4, -0.2) is 0 Å². The first-order valence-electron chi connectivity index (χ1n) is 4.15. The zero-order chi connectivity index (χ0) is 9.98. The molecule has 0 N–H and O–H groups in total. The summed E-state index contributed by atoms with van der Waals surface area (Å²) < 4.78 is 0. The molecule has 0 aromatic rings. The molecule has 0 rings (SSSR count). The molecule has 0 nitrogen and oxygen atoms in total. The van der Waals surface area contributed by atoms with Crippen molar-refractivity contribution in [3.63, 3.8) is 0 Å². The van der Waals surface area contributed by atoms with E-state index in [9.17, 15) is 0 Å². The Morgan fingerprint density at radius 1 is 1.17 bits per heavy atom. The second-order valence-electron chi connectivity index (χ2n) is 2.61. The normalized spacial score (nSPS) is 9.42. The topological polar surface area (TPSA) is 0 Å². The van der Waals surface area contributed by atoms with E-state index in [0.717, 1.165) is 12.0 Å². The monoisotopic (exact) mass is 164 g/mol. The van der Waals surface area contributed by atoms with Crippen molar-refractivity contribution in [1.82, 2.24) is 0 Å². The highest BCUT2D eigenvalue weighted by Crippen LogP contribution is 1.93. The molecule has 0 spiro atoms. The molecular formula is C12H20. The molecule has 0 heteroatoms. The lowest BCUT2D eigenvalue weighted by atomic mass is 10.2. The standard InChI is InChI=1S/C7H12.C5H8/c1-4-6-7(3)5-2;1-4-5(2)3/h5-6H,2,4H2,1,3H3;4H,1-2H2,3H3/b7-6+;. The van der Waals surface area contributed by atoms with Crippen LogP contribution in [0.5, 0.6) is 0 Å². The lowest BCUT2D eigenvalue weighted by Gasteiger charge is -1.83. The molecule has 0 radical (unpaired) electrons. The molecule has 68 valence electrons. The Bertz CT molecular complexity index is 170. The summed E-state index contributed by atoms with van der Waals surface area (Å²) in [5, 5.41) is 0. The van der Waals surface area contributed by atoms with Gasteiger partial charge in [-0.2, -0.15) is 0 Å². The summed E-state index contributed by atoms with van der Waals surface area (Å²) in [6.07, 6.45) is 6.84. The third kappa shape index (κ3) is 16.0. The van der Waals surface area contributed by atoms with Crippen molar-refractivity contribution in [2.45, 2.75) is 27.2 Å². The van der Waals surface area contributed by atoms with E-state index in [4.69, 9.17) is 0 Å². The Morgan fingerprint density at radius 2 is 1.58 bits per heavy atom. The van der Waals surface area contributed by atoms with E-state index in [1.165, 1.54) is 5.57 Å². The van der Waals surface area contributed by atoms with Crippen molar-refractivity contribution >= 4 is 0 Å². The van der Waals surface area contributed by atoms with E-state index in [2.05, 4.69) is 39.7 Å². The maximum absolute atomic E-state index is 3.61. The Labute approximate surface area is 77.0 Å². The van der Waals surface area contributed by atoms with Crippen molar-refractivity contribution in [2.75, 3.05) is 0 Å². The molecule has 0 aliphatic heterocycles. The van der Waals surface area contributed by atoms with Crippen LogP contribution >= 0.6 is 0 Å². The van der Waals surface area contributed by atoms with Crippen LogP contribution in [0.4, 0.5) is 0 Å². The SMILES string of the molecule is C=C/C(C)=C/CC.C=CC(=C)C. The van der Waals surface area contributed by atoms with Gasteiger partial charge in [0.1, 0.15) is 0 Å². The highest BCUT2D eigenvalue weighted by atomic mass is 13.8. The van der Waals surface area contributed by atoms with Gasteiger partial charge in [-0.15, -0.1) is 0 Å². The van der Waals surface area contributed by atoms with E-state index < -0.39 is 0 Å². The molecule has 0 atom stereocenters. The van der Waals surface area contributed by atoms with Crippen LogP contribution in [0.2, 0.25) is 0 Å². The van der Waals surface area contributed by atoms with E-state index in [1.807, 2.05) is 13.0 Å². The Kier molecular flexibility index (Phi) is 11.2. The summed E-state index contributed by atoms with van der Waals surface area (Å²) in [7, 11) is 0. The number of hydrogen-bond acceptors (Lipinski definition) is 0. The van der Waals surface area contributed by atoms with Crippen LogP contribution in [0.25, 0.3) is 0 Å². The number of rotatable bonds is 3. The van der Waals surface area contributed by atoms with Gasteiger partial charge < -0.3 is 0 Å².